The zero-order valence-corrected chi connectivity index (χ0v) is 12.7. The molecule has 7 heteroatoms. The van der Waals surface area contributed by atoms with Gasteiger partial charge in [-0.05, 0) is 24.3 Å². The first-order valence-corrected chi connectivity index (χ1v) is 7.56. The highest BCUT2D eigenvalue weighted by Crippen LogP contribution is 2.24. The van der Waals surface area contributed by atoms with Gasteiger partial charge in [-0.3, -0.25) is 10.2 Å². The third kappa shape index (κ3) is 2.39. The van der Waals surface area contributed by atoms with E-state index < -0.39 is 5.63 Å². The average molecular weight is 326 g/mol. The number of morpholine rings is 1. The number of carbonyl (C=O) groups is 1. The van der Waals surface area contributed by atoms with Gasteiger partial charge in [-0.15, -0.1) is 0 Å². The standard InChI is InChI=1S/C17H14N2O5/c18-16-12(17(21)19-5-7-22-8-6-19)9-11-13(23-16)3-1-10-2-4-14(20)24-15(10)11/h1-4,9,18H,5-8H2. The normalized spacial score (nSPS) is 15.1. The first-order chi connectivity index (χ1) is 11.6. The highest BCUT2D eigenvalue weighted by atomic mass is 16.5. The van der Waals surface area contributed by atoms with E-state index in [4.69, 9.17) is 19.0 Å². The number of carbonyl (C=O) groups excluding carboxylic acids is 1. The fraction of sp³-hybridized carbons (Fsp3) is 0.235. The molecule has 0 unspecified atom stereocenters. The van der Waals surface area contributed by atoms with E-state index in [1.165, 1.54) is 6.07 Å². The molecule has 1 saturated heterocycles. The van der Waals surface area contributed by atoms with Crippen LogP contribution in [0.3, 0.4) is 0 Å². The molecule has 3 heterocycles. The van der Waals surface area contributed by atoms with Crippen molar-refractivity contribution in [3.05, 3.63) is 51.9 Å². The van der Waals surface area contributed by atoms with Crippen molar-refractivity contribution in [2.24, 2.45) is 0 Å². The smallest absolute Gasteiger partial charge is 0.336 e. The number of fused-ring (bicyclic) bond motifs is 3. The second-order valence-corrected chi connectivity index (χ2v) is 5.54. The van der Waals surface area contributed by atoms with Gasteiger partial charge >= 0.3 is 5.63 Å². The number of benzene rings is 1. The zero-order chi connectivity index (χ0) is 16.7. The van der Waals surface area contributed by atoms with Crippen molar-refractivity contribution in [1.82, 2.24) is 4.90 Å². The van der Waals surface area contributed by atoms with Crippen LogP contribution in [0.15, 0.2) is 44.0 Å². The maximum Gasteiger partial charge on any atom is 0.336 e. The number of hydrogen-bond acceptors (Lipinski definition) is 6. The topological polar surface area (TPSA) is 96.7 Å². The predicted octanol–water partition coefficient (Wildman–Crippen LogP) is 1.49. The van der Waals surface area contributed by atoms with Crippen LogP contribution < -0.4 is 11.2 Å². The number of amides is 1. The van der Waals surface area contributed by atoms with Crippen LogP contribution in [0.4, 0.5) is 0 Å². The summed E-state index contributed by atoms with van der Waals surface area (Å²) < 4.78 is 16.0. The van der Waals surface area contributed by atoms with Gasteiger partial charge in [0.05, 0.1) is 18.6 Å². The molecule has 1 fully saturated rings. The SMILES string of the molecule is N=c1oc2ccc3ccc(=O)oc3c2cc1C(=O)N1CCOCC1. The fourth-order valence-electron chi connectivity index (χ4n) is 2.83. The van der Waals surface area contributed by atoms with Crippen molar-refractivity contribution in [1.29, 1.82) is 5.41 Å². The molecule has 0 bridgehead atoms. The highest BCUT2D eigenvalue weighted by Gasteiger charge is 2.22. The fourth-order valence-corrected chi connectivity index (χ4v) is 2.83. The number of rotatable bonds is 1. The van der Waals surface area contributed by atoms with Gasteiger partial charge < -0.3 is 18.5 Å². The second kappa shape index (κ2) is 5.61. The molecule has 7 nitrogen and oxygen atoms in total. The molecule has 2 aromatic heterocycles. The van der Waals surface area contributed by atoms with Crippen molar-refractivity contribution in [2.75, 3.05) is 26.3 Å². The van der Waals surface area contributed by atoms with E-state index in [0.29, 0.717) is 42.9 Å². The van der Waals surface area contributed by atoms with E-state index in [1.54, 1.807) is 29.2 Å². The van der Waals surface area contributed by atoms with Gasteiger partial charge in [0.1, 0.15) is 16.7 Å². The van der Waals surface area contributed by atoms with Crippen LogP contribution in [0, 0.1) is 5.41 Å². The van der Waals surface area contributed by atoms with Crippen LogP contribution in [0.5, 0.6) is 0 Å². The lowest BCUT2D eigenvalue weighted by molar-refractivity contribution is 0.0299. The molecule has 1 aliphatic heterocycles. The first-order valence-electron chi connectivity index (χ1n) is 7.56. The molecule has 1 N–H and O–H groups in total. The maximum atomic E-state index is 12.7. The van der Waals surface area contributed by atoms with Gasteiger partial charge in [-0.2, -0.15) is 0 Å². The number of hydrogen-bond donors (Lipinski definition) is 1. The van der Waals surface area contributed by atoms with Gasteiger partial charge in [-0.25, -0.2) is 4.79 Å². The lowest BCUT2D eigenvalue weighted by Crippen LogP contribution is -2.42. The second-order valence-electron chi connectivity index (χ2n) is 5.54. The molecule has 1 aromatic carbocycles. The molecule has 122 valence electrons. The summed E-state index contributed by atoms with van der Waals surface area (Å²) in [5.74, 6) is -0.288. The Balaban J connectivity index is 1.92. The van der Waals surface area contributed by atoms with Gasteiger partial charge in [0.2, 0.25) is 5.55 Å². The minimum atomic E-state index is -0.481. The summed E-state index contributed by atoms with van der Waals surface area (Å²) in [4.78, 5) is 25.8. The first kappa shape index (κ1) is 14.6. The Morgan fingerprint density at radius 3 is 2.62 bits per heavy atom. The van der Waals surface area contributed by atoms with Gasteiger partial charge in [0, 0.05) is 24.5 Å². The monoisotopic (exact) mass is 326 g/mol. The van der Waals surface area contributed by atoms with Gasteiger partial charge in [-0.1, -0.05) is 0 Å². The van der Waals surface area contributed by atoms with Gasteiger partial charge in [0.15, 0.2) is 0 Å². The Kier molecular flexibility index (Phi) is 3.42. The van der Waals surface area contributed by atoms with Crippen LogP contribution in [-0.2, 0) is 4.74 Å². The third-order valence-corrected chi connectivity index (χ3v) is 4.06. The predicted molar refractivity (Wildman–Crippen MR) is 84.8 cm³/mol. The molecule has 1 aliphatic rings. The third-order valence-electron chi connectivity index (χ3n) is 4.06. The molecule has 0 radical (unpaired) electrons. The lowest BCUT2D eigenvalue weighted by atomic mass is 10.1. The molecular weight excluding hydrogens is 312 g/mol. The Hall–Kier alpha value is -2.93. The molecule has 4 rings (SSSR count). The Labute approximate surface area is 135 Å². The molecule has 24 heavy (non-hydrogen) atoms. The molecular formula is C17H14N2O5. The average Bonchev–Trinajstić information content (AvgIpc) is 2.61. The van der Waals surface area contributed by atoms with Crippen LogP contribution in [0.1, 0.15) is 10.4 Å². The minimum Gasteiger partial charge on any atom is -0.438 e. The molecule has 0 aliphatic carbocycles. The summed E-state index contributed by atoms with van der Waals surface area (Å²) in [6.07, 6.45) is 0. The van der Waals surface area contributed by atoms with E-state index in [1.807, 2.05) is 0 Å². The maximum absolute atomic E-state index is 12.7. The molecule has 0 saturated carbocycles. The minimum absolute atomic E-state index is 0.142. The van der Waals surface area contributed by atoms with Gasteiger partial charge in [0.25, 0.3) is 5.91 Å². The van der Waals surface area contributed by atoms with E-state index >= 15 is 0 Å². The largest absolute Gasteiger partial charge is 0.438 e. The van der Waals surface area contributed by atoms with E-state index in [-0.39, 0.29) is 17.0 Å². The number of nitrogens with zero attached hydrogens (tertiary/aromatic N) is 1. The van der Waals surface area contributed by atoms with Crippen molar-refractivity contribution >= 4 is 27.8 Å². The van der Waals surface area contributed by atoms with Crippen molar-refractivity contribution in [2.45, 2.75) is 0 Å². The number of nitrogens with one attached hydrogen (secondary N) is 1. The van der Waals surface area contributed by atoms with Crippen molar-refractivity contribution in [3.8, 4) is 0 Å². The van der Waals surface area contributed by atoms with Crippen molar-refractivity contribution in [3.63, 3.8) is 0 Å². The summed E-state index contributed by atoms with van der Waals surface area (Å²) in [6.45, 7) is 1.89. The summed E-state index contributed by atoms with van der Waals surface area (Å²) in [7, 11) is 0. The number of ether oxygens (including phenoxy) is 1. The Bertz CT molecular complexity index is 1060. The zero-order valence-electron chi connectivity index (χ0n) is 12.7. The van der Waals surface area contributed by atoms with Crippen LogP contribution in [-0.4, -0.2) is 37.1 Å². The van der Waals surface area contributed by atoms with Crippen LogP contribution in [0.25, 0.3) is 21.9 Å². The van der Waals surface area contributed by atoms with E-state index in [9.17, 15) is 9.59 Å². The molecule has 3 aromatic rings. The van der Waals surface area contributed by atoms with Crippen LogP contribution in [0.2, 0.25) is 0 Å². The van der Waals surface area contributed by atoms with E-state index in [0.717, 1.165) is 5.39 Å². The summed E-state index contributed by atoms with van der Waals surface area (Å²) >= 11 is 0. The lowest BCUT2D eigenvalue weighted by Gasteiger charge is -2.26. The van der Waals surface area contributed by atoms with E-state index in [2.05, 4.69) is 0 Å². The summed E-state index contributed by atoms with van der Waals surface area (Å²) in [6, 6.07) is 7.98. The Morgan fingerprint density at radius 2 is 1.83 bits per heavy atom. The quantitative estimate of drug-likeness (QED) is 0.540. The van der Waals surface area contributed by atoms with Crippen molar-refractivity contribution < 1.29 is 18.4 Å². The Morgan fingerprint density at radius 1 is 1.08 bits per heavy atom. The summed E-state index contributed by atoms with van der Waals surface area (Å²) in [5, 5.41) is 9.23. The van der Waals surface area contributed by atoms with Crippen LogP contribution >= 0.6 is 0 Å². The molecule has 1 amide bonds. The summed E-state index contributed by atoms with van der Waals surface area (Å²) in [5.41, 5.74) is 0.186. The molecule has 0 atom stereocenters. The highest BCUT2D eigenvalue weighted by molar-refractivity contribution is 6.05. The molecule has 0 spiro atoms.